The standard InChI is InChI=1S/C15H15FN4/c1-8-6-11(16)4-5-12(8)20-10(3)9(2)13-14(17)18-7-19-15(13)20/h4-7H,1-3H3,(H2,17,18,19). The highest BCUT2D eigenvalue weighted by Gasteiger charge is 2.17. The molecule has 2 heterocycles. The van der Waals surface area contributed by atoms with Crippen LogP contribution in [-0.2, 0) is 0 Å². The fraction of sp³-hybridized carbons (Fsp3) is 0.200. The molecule has 4 nitrogen and oxygen atoms in total. The van der Waals surface area contributed by atoms with E-state index in [-0.39, 0.29) is 5.82 Å². The third-order valence-electron chi connectivity index (χ3n) is 3.72. The monoisotopic (exact) mass is 270 g/mol. The van der Waals surface area contributed by atoms with Gasteiger partial charge in [0.2, 0.25) is 0 Å². The van der Waals surface area contributed by atoms with E-state index in [9.17, 15) is 4.39 Å². The van der Waals surface area contributed by atoms with Crippen molar-refractivity contribution in [1.29, 1.82) is 0 Å². The van der Waals surface area contributed by atoms with E-state index < -0.39 is 0 Å². The van der Waals surface area contributed by atoms with E-state index in [0.717, 1.165) is 33.5 Å². The normalized spacial score (nSPS) is 11.2. The predicted octanol–water partition coefficient (Wildman–Crippen LogP) is 3.07. The van der Waals surface area contributed by atoms with Gasteiger partial charge in [-0.25, -0.2) is 14.4 Å². The molecule has 0 unspecified atom stereocenters. The Kier molecular flexibility index (Phi) is 2.71. The van der Waals surface area contributed by atoms with Gasteiger partial charge in [-0.1, -0.05) is 0 Å². The van der Waals surface area contributed by atoms with Gasteiger partial charge in [0.15, 0.2) is 5.65 Å². The van der Waals surface area contributed by atoms with Crippen LogP contribution in [0.2, 0.25) is 0 Å². The highest BCUT2D eigenvalue weighted by atomic mass is 19.1. The van der Waals surface area contributed by atoms with E-state index in [4.69, 9.17) is 5.73 Å². The lowest BCUT2D eigenvalue weighted by atomic mass is 10.2. The zero-order valence-corrected chi connectivity index (χ0v) is 11.6. The van der Waals surface area contributed by atoms with Crippen molar-refractivity contribution in [3.63, 3.8) is 0 Å². The lowest BCUT2D eigenvalue weighted by Crippen LogP contribution is -2.01. The van der Waals surface area contributed by atoms with Gasteiger partial charge in [0, 0.05) is 5.69 Å². The van der Waals surface area contributed by atoms with Crippen molar-refractivity contribution >= 4 is 16.9 Å². The lowest BCUT2D eigenvalue weighted by Gasteiger charge is -2.11. The molecule has 0 aliphatic carbocycles. The summed E-state index contributed by atoms with van der Waals surface area (Å²) < 4.78 is 15.3. The lowest BCUT2D eigenvalue weighted by molar-refractivity contribution is 0.626. The van der Waals surface area contributed by atoms with Crippen LogP contribution in [0.5, 0.6) is 0 Å². The van der Waals surface area contributed by atoms with Crippen LogP contribution in [0.3, 0.4) is 0 Å². The Balaban J connectivity index is 2.42. The summed E-state index contributed by atoms with van der Waals surface area (Å²) in [6, 6.07) is 4.73. The first kappa shape index (κ1) is 12.6. The smallest absolute Gasteiger partial charge is 0.150 e. The maximum atomic E-state index is 13.3. The molecule has 0 atom stereocenters. The molecular weight excluding hydrogens is 255 g/mol. The number of benzene rings is 1. The highest BCUT2D eigenvalue weighted by molar-refractivity contribution is 5.92. The van der Waals surface area contributed by atoms with Gasteiger partial charge in [0.25, 0.3) is 0 Å². The third kappa shape index (κ3) is 1.66. The Morgan fingerprint density at radius 1 is 1.15 bits per heavy atom. The number of nitrogens with two attached hydrogens (primary N) is 1. The summed E-state index contributed by atoms with van der Waals surface area (Å²) in [6.07, 6.45) is 1.45. The highest BCUT2D eigenvalue weighted by Crippen LogP contribution is 2.31. The first-order valence-corrected chi connectivity index (χ1v) is 6.35. The minimum absolute atomic E-state index is 0.244. The maximum absolute atomic E-state index is 13.3. The molecule has 5 heteroatoms. The van der Waals surface area contributed by atoms with Gasteiger partial charge in [-0.15, -0.1) is 0 Å². The SMILES string of the molecule is Cc1cc(F)ccc1-n1c(C)c(C)c2c(N)ncnc21. The summed E-state index contributed by atoms with van der Waals surface area (Å²) in [6.45, 7) is 5.87. The van der Waals surface area contributed by atoms with Crippen LogP contribution >= 0.6 is 0 Å². The van der Waals surface area contributed by atoms with Crippen LogP contribution in [0.25, 0.3) is 16.7 Å². The van der Waals surface area contributed by atoms with Gasteiger partial charge in [0.1, 0.15) is 18.0 Å². The molecule has 2 aromatic heterocycles. The van der Waals surface area contributed by atoms with Gasteiger partial charge in [-0.05, 0) is 50.1 Å². The Morgan fingerprint density at radius 2 is 1.90 bits per heavy atom. The summed E-state index contributed by atoms with van der Waals surface area (Å²) in [7, 11) is 0. The molecule has 3 rings (SSSR count). The van der Waals surface area contributed by atoms with Gasteiger partial charge in [0.05, 0.1) is 11.1 Å². The van der Waals surface area contributed by atoms with E-state index in [1.54, 1.807) is 6.07 Å². The van der Waals surface area contributed by atoms with Crippen molar-refractivity contribution in [2.75, 3.05) is 5.73 Å². The molecule has 20 heavy (non-hydrogen) atoms. The average Bonchev–Trinajstić information content (AvgIpc) is 2.64. The van der Waals surface area contributed by atoms with Crippen LogP contribution in [0.15, 0.2) is 24.5 Å². The average molecular weight is 270 g/mol. The number of nitrogen functional groups attached to an aromatic ring is 1. The molecule has 0 aliphatic rings. The van der Waals surface area contributed by atoms with E-state index in [1.165, 1.54) is 18.5 Å². The van der Waals surface area contributed by atoms with Crippen LogP contribution in [0.4, 0.5) is 10.2 Å². The molecule has 1 aromatic carbocycles. The zero-order chi connectivity index (χ0) is 14.4. The topological polar surface area (TPSA) is 56.7 Å². The van der Waals surface area contributed by atoms with Crippen molar-refractivity contribution in [3.8, 4) is 5.69 Å². The van der Waals surface area contributed by atoms with Crippen molar-refractivity contribution in [2.24, 2.45) is 0 Å². The molecule has 0 fully saturated rings. The first-order valence-electron chi connectivity index (χ1n) is 6.35. The van der Waals surface area contributed by atoms with Crippen molar-refractivity contribution in [2.45, 2.75) is 20.8 Å². The summed E-state index contributed by atoms with van der Waals surface area (Å²) >= 11 is 0. The number of anilines is 1. The number of hydrogen-bond acceptors (Lipinski definition) is 3. The molecule has 0 bridgehead atoms. The largest absolute Gasteiger partial charge is 0.383 e. The minimum Gasteiger partial charge on any atom is -0.383 e. The second-order valence-electron chi connectivity index (χ2n) is 4.93. The summed E-state index contributed by atoms with van der Waals surface area (Å²) in [4.78, 5) is 8.39. The molecule has 0 spiro atoms. The molecule has 0 radical (unpaired) electrons. The number of hydrogen-bond donors (Lipinski definition) is 1. The van der Waals surface area contributed by atoms with E-state index in [0.29, 0.717) is 5.82 Å². The minimum atomic E-state index is -0.244. The van der Waals surface area contributed by atoms with Crippen LogP contribution in [0, 0.1) is 26.6 Å². The maximum Gasteiger partial charge on any atom is 0.150 e. The Hall–Kier alpha value is -2.43. The molecule has 0 saturated carbocycles. The summed E-state index contributed by atoms with van der Waals surface area (Å²) in [5, 5.41) is 0.855. The number of aromatic nitrogens is 3. The number of fused-ring (bicyclic) bond motifs is 1. The fourth-order valence-electron chi connectivity index (χ4n) is 2.59. The first-order chi connectivity index (χ1) is 9.50. The van der Waals surface area contributed by atoms with E-state index in [2.05, 4.69) is 9.97 Å². The van der Waals surface area contributed by atoms with Gasteiger partial charge in [-0.3, -0.25) is 4.57 Å². The quantitative estimate of drug-likeness (QED) is 0.739. The van der Waals surface area contributed by atoms with Gasteiger partial charge in [-0.2, -0.15) is 0 Å². The molecule has 102 valence electrons. The number of nitrogens with zero attached hydrogens (tertiary/aromatic N) is 3. The predicted molar refractivity (Wildman–Crippen MR) is 77.4 cm³/mol. The molecular formula is C15H15FN4. The summed E-state index contributed by atoms with van der Waals surface area (Å²) in [5.41, 5.74) is 10.5. The van der Waals surface area contributed by atoms with Crippen molar-refractivity contribution in [3.05, 3.63) is 47.2 Å². The molecule has 3 aromatic rings. The Labute approximate surface area is 116 Å². The van der Waals surface area contributed by atoms with Crippen molar-refractivity contribution in [1.82, 2.24) is 14.5 Å². The molecule has 0 saturated heterocycles. The molecule has 2 N–H and O–H groups in total. The fourth-order valence-corrected chi connectivity index (χ4v) is 2.59. The number of rotatable bonds is 1. The number of halogens is 1. The summed E-state index contributed by atoms with van der Waals surface area (Å²) in [5.74, 6) is 0.223. The Bertz CT molecular complexity index is 820. The number of aryl methyl sites for hydroxylation is 2. The second kappa shape index (κ2) is 4.30. The van der Waals surface area contributed by atoms with E-state index in [1.807, 2.05) is 25.3 Å². The van der Waals surface area contributed by atoms with Crippen LogP contribution in [-0.4, -0.2) is 14.5 Å². The van der Waals surface area contributed by atoms with Gasteiger partial charge < -0.3 is 5.73 Å². The second-order valence-corrected chi connectivity index (χ2v) is 4.93. The molecule has 0 amide bonds. The van der Waals surface area contributed by atoms with Crippen LogP contribution in [0.1, 0.15) is 16.8 Å². The van der Waals surface area contributed by atoms with Crippen LogP contribution < -0.4 is 5.73 Å². The van der Waals surface area contributed by atoms with E-state index >= 15 is 0 Å². The third-order valence-corrected chi connectivity index (χ3v) is 3.72. The van der Waals surface area contributed by atoms with Crippen molar-refractivity contribution < 1.29 is 4.39 Å². The zero-order valence-electron chi connectivity index (χ0n) is 11.6. The Morgan fingerprint density at radius 3 is 2.60 bits per heavy atom. The van der Waals surface area contributed by atoms with Gasteiger partial charge >= 0.3 is 0 Å². The molecule has 0 aliphatic heterocycles.